The number of ether oxygens (including phenoxy) is 1. The predicted molar refractivity (Wildman–Crippen MR) is 68.4 cm³/mol. The molecule has 0 atom stereocenters. The summed E-state index contributed by atoms with van der Waals surface area (Å²) in [5, 5.41) is 1.06. The van der Waals surface area contributed by atoms with E-state index in [0.29, 0.717) is 0 Å². The van der Waals surface area contributed by atoms with Crippen molar-refractivity contribution in [1.29, 1.82) is 0 Å². The monoisotopic (exact) mass is 223 g/mol. The van der Waals surface area contributed by atoms with Gasteiger partial charge in [0.1, 0.15) is 5.75 Å². The largest absolute Gasteiger partial charge is 0.496 e. The van der Waals surface area contributed by atoms with Crippen LogP contribution >= 0.6 is 11.8 Å². The molecule has 0 saturated heterocycles. The summed E-state index contributed by atoms with van der Waals surface area (Å²) >= 11 is 1.66. The van der Waals surface area contributed by atoms with Crippen LogP contribution in [0.25, 0.3) is 0 Å². The van der Waals surface area contributed by atoms with E-state index in [0.717, 1.165) is 21.9 Å². The van der Waals surface area contributed by atoms with Crippen LogP contribution in [0.1, 0.15) is 16.7 Å². The average Bonchev–Trinajstić information content (AvgIpc) is 2.19. The lowest BCUT2D eigenvalue weighted by Crippen LogP contribution is -1.99. The first-order valence-corrected chi connectivity index (χ1v) is 6.03. The Morgan fingerprint density at radius 2 is 1.80 bits per heavy atom. The van der Waals surface area contributed by atoms with Crippen molar-refractivity contribution < 1.29 is 4.74 Å². The molecule has 0 bridgehead atoms. The molecular weight excluding hydrogens is 206 g/mol. The second-order valence-electron chi connectivity index (χ2n) is 3.38. The third-order valence-corrected chi connectivity index (χ3v) is 3.11. The molecule has 0 N–H and O–H groups in total. The standard InChI is InChI=1S/C12H17NOS/c1-8-6-10(12(13-3)15-5)7-9(2)11(8)14-4/h6-7H,1-5H3. The van der Waals surface area contributed by atoms with Crippen LogP contribution < -0.4 is 4.74 Å². The van der Waals surface area contributed by atoms with Crippen molar-refractivity contribution in [2.45, 2.75) is 13.8 Å². The molecule has 0 saturated carbocycles. The molecule has 0 spiro atoms. The fourth-order valence-corrected chi connectivity index (χ4v) is 2.27. The number of aryl methyl sites for hydroxylation is 2. The third kappa shape index (κ3) is 2.53. The molecule has 1 aromatic rings. The Kier molecular flexibility index (Phi) is 4.21. The number of thioether (sulfide) groups is 1. The second kappa shape index (κ2) is 5.21. The van der Waals surface area contributed by atoms with Gasteiger partial charge in [0.05, 0.1) is 12.2 Å². The van der Waals surface area contributed by atoms with Crippen molar-refractivity contribution in [2.24, 2.45) is 4.99 Å². The molecule has 15 heavy (non-hydrogen) atoms. The van der Waals surface area contributed by atoms with Crippen LogP contribution in [0.2, 0.25) is 0 Å². The Morgan fingerprint density at radius 3 is 2.13 bits per heavy atom. The van der Waals surface area contributed by atoms with E-state index in [2.05, 4.69) is 31.0 Å². The first-order chi connectivity index (χ1) is 7.13. The molecule has 0 aliphatic heterocycles. The maximum atomic E-state index is 5.33. The Morgan fingerprint density at radius 1 is 1.27 bits per heavy atom. The summed E-state index contributed by atoms with van der Waals surface area (Å²) in [6.07, 6.45) is 2.04. The van der Waals surface area contributed by atoms with Crippen molar-refractivity contribution in [3.05, 3.63) is 28.8 Å². The maximum Gasteiger partial charge on any atom is 0.124 e. The number of hydrogen-bond acceptors (Lipinski definition) is 3. The zero-order valence-corrected chi connectivity index (χ0v) is 10.7. The molecular formula is C12H17NOS. The minimum absolute atomic E-state index is 0.968. The Labute approximate surface area is 95.8 Å². The first kappa shape index (κ1) is 12.1. The van der Waals surface area contributed by atoms with Crippen LogP contribution in [0, 0.1) is 13.8 Å². The molecule has 0 radical (unpaired) electrons. The first-order valence-electron chi connectivity index (χ1n) is 4.80. The molecule has 82 valence electrons. The number of nitrogens with zero attached hydrogens (tertiary/aromatic N) is 1. The van der Waals surface area contributed by atoms with Crippen molar-refractivity contribution in [3.8, 4) is 5.75 Å². The van der Waals surface area contributed by atoms with Gasteiger partial charge in [0, 0.05) is 12.6 Å². The van der Waals surface area contributed by atoms with E-state index in [-0.39, 0.29) is 0 Å². The number of methoxy groups -OCH3 is 1. The lowest BCUT2D eigenvalue weighted by Gasteiger charge is -2.11. The highest BCUT2D eigenvalue weighted by Crippen LogP contribution is 2.26. The molecule has 1 rings (SSSR count). The van der Waals surface area contributed by atoms with E-state index >= 15 is 0 Å². The molecule has 0 amide bonds. The molecule has 0 aromatic heterocycles. The average molecular weight is 223 g/mol. The molecule has 0 aliphatic carbocycles. The van der Waals surface area contributed by atoms with E-state index in [9.17, 15) is 0 Å². The highest BCUT2D eigenvalue weighted by Gasteiger charge is 2.08. The fraction of sp³-hybridized carbons (Fsp3) is 0.417. The Balaban J connectivity index is 3.25. The van der Waals surface area contributed by atoms with Gasteiger partial charge in [-0.15, -0.1) is 11.8 Å². The van der Waals surface area contributed by atoms with Crippen LogP contribution in [-0.2, 0) is 0 Å². The molecule has 2 nitrogen and oxygen atoms in total. The van der Waals surface area contributed by atoms with E-state index in [1.165, 1.54) is 5.56 Å². The molecule has 1 aromatic carbocycles. The van der Waals surface area contributed by atoms with Crippen LogP contribution in [0.5, 0.6) is 5.75 Å². The van der Waals surface area contributed by atoms with Gasteiger partial charge < -0.3 is 4.74 Å². The maximum absolute atomic E-state index is 5.33. The van der Waals surface area contributed by atoms with Gasteiger partial charge >= 0.3 is 0 Å². The van der Waals surface area contributed by atoms with Gasteiger partial charge in [0.2, 0.25) is 0 Å². The topological polar surface area (TPSA) is 21.6 Å². The highest BCUT2D eigenvalue weighted by molar-refractivity contribution is 8.13. The van der Waals surface area contributed by atoms with Gasteiger partial charge in [-0.3, -0.25) is 4.99 Å². The normalized spacial score (nSPS) is 11.7. The summed E-state index contributed by atoms with van der Waals surface area (Å²) in [4.78, 5) is 4.25. The lowest BCUT2D eigenvalue weighted by atomic mass is 10.1. The van der Waals surface area contributed by atoms with Crippen molar-refractivity contribution >= 4 is 16.8 Å². The Hall–Kier alpha value is -0.960. The van der Waals surface area contributed by atoms with E-state index in [4.69, 9.17) is 4.74 Å². The van der Waals surface area contributed by atoms with Crippen LogP contribution in [0.15, 0.2) is 17.1 Å². The molecule has 0 unspecified atom stereocenters. The van der Waals surface area contributed by atoms with Gasteiger partial charge in [0.25, 0.3) is 0 Å². The number of benzene rings is 1. The van der Waals surface area contributed by atoms with E-state index < -0.39 is 0 Å². The fourth-order valence-electron chi connectivity index (χ4n) is 1.73. The lowest BCUT2D eigenvalue weighted by molar-refractivity contribution is 0.408. The third-order valence-electron chi connectivity index (χ3n) is 2.31. The SMILES string of the molecule is CN=C(SC)c1cc(C)c(OC)c(C)c1. The molecule has 3 heteroatoms. The summed E-state index contributed by atoms with van der Waals surface area (Å²) in [5.74, 6) is 0.968. The van der Waals surface area contributed by atoms with Crippen molar-refractivity contribution in [3.63, 3.8) is 0 Å². The summed E-state index contributed by atoms with van der Waals surface area (Å²) in [5.41, 5.74) is 3.48. The predicted octanol–water partition coefficient (Wildman–Crippen LogP) is 3.05. The van der Waals surface area contributed by atoms with Gasteiger partial charge in [-0.2, -0.15) is 0 Å². The minimum Gasteiger partial charge on any atom is -0.496 e. The van der Waals surface area contributed by atoms with Crippen molar-refractivity contribution in [1.82, 2.24) is 0 Å². The van der Waals surface area contributed by atoms with Gasteiger partial charge in [-0.05, 0) is 43.4 Å². The quantitative estimate of drug-likeness (QED) is 0.568. The Bertz CT molecular complexity index is 362. The molecule has 0 heterocycles. The molecule has 0 fully saturated rings. The summed E-state index contributed by atoms with van der Waals surface area (Å²) in [7, 11) is 3.53. The highest BCUT2D eigenvalue weighted by atomic mass is 32.2. The van der Waals surface area contributed by atoms with Crippen LogP contribution in [0.3, 0.4) is 0 Å². The van der Waals surface area contributed by atoms with E-state index in [1.807, 2.05) is 13.3 Å². The number of rotatable bonds is 2. The van der Waals surface area contributed by atoms with Gasteiger partial charge in [-0.1, -0.05) is 0 Å². The summed E-state index contributed by atoms with van der Waals surface area (Å²) < 4.78 is 5.33. The zero-order valence-electron chi connectivity index (χ0n) is 9.92. The van der Waals surface area contributed by atoms with Gasteiger partial charge in [-0.25, -0.2) is 0 Å². The minimum atomic E-state index is 0.968. The van der Waals surface area contributed by atoms with E-state index in [1.54, 1.807) is 18.9 Å². The molecule has 0 aliphatic rings. The number of aliphatic imine (C=N–C) groups is 1. The van der Waals surface area contributed by atoms with Crippen LogP contribution in [-0.4, -0.2) is 25.5 Å². The van der Waals surface area contributed by atoms with Crippen molar-refractivity contribution in [2.75, 3.05) is 20.4 Å². The number of hydrogen-bond donors (Lipinski definition) is 0. The summed E-state index contributed by atoms with van der Waals surface area (Å²) in [6, 6.07) is 4.23. The zero-order chi connectivity index (χ0) is 11.4. The second-order valence-corrected chi connectivity index (χ2v) is 4.17. The summed E-state index contributed by atoms with van der Waals surface area (Å²) in [6.45, 7) is 4.12. The van der Waals surface area contributed by atoms with Gasteiger partial charge in [0.15, 0.2) is 0 Å². The smallest absolute Gasteiger partial charge is 0.124 e. The van der Waals surface area contributed by atoms with Crippen LogP contribution in [0.4, 0.5) is 0 Å².